The van der Waals surface area contributed by atoms with E-state index in [1.165, 1.54) is 12.0 Å². The molecule has 1 saturated heterocycles. The van der Waals surface area contributed by atoms with Crippen molar-refractivity contribution < 1.29 is 9.59 Å². The van der Waals surface area contributed by atoms with Gasteiger partial charge in [0, 0.05) is 35.4 Å². The predicted octanol–water partition coefficient (Wildman–Crippen LogP) is 4.68. The third kappa shape index (κ3) is 3.32. The van der Waals surface area contributed by atoms with Crippen LogP contribution in [0.2, 0.25) is 0 Å². The fraction of sp³-hybridized carbons (Fsp3) is 0.417. The molecule has 2 aliphatic rings. The number of anilines is 1. The van der Waals surface area contributed by atoms with Gasteiger partial charge in [-0.1, -0.05) is 25.1 Å². The Morgan fingerprint density at radius 2 is 1.64 bits per heavy atom. The standard InChI is InChI=1S/C24H28N2O2/c1-3-21-9-6-7-15-25(21)23(27)18-11-13-19(14-12-18)24(28)26-17(2)16-20-8-4-5-10-22(20)26/h4-5,8,10-14,17,21H,3,6-7,9,15-16H2,1-2H3. The highest BCUT2D eigenvalue weighted by atomic mass is 16.2. The van der Waals surface area contributed by atoms with E-state index in [2.05, 4.69) is 19.9 Å². The normalized spacial score (nSPS) is 21.5. The lowest BCUT2D eigenvalue weighted by atomic mass is 9.98. The van der Waals surface area contributed by atoms with Gasteiger partial charge in [0.1, 0.15) is 0 Å². The summed E-state index contributed by atoms with van der Waals surface area (Å²) in [7, 11) is 0. The summed E-state index contributed by atoms with van der Waals surface area (Å²) >= 11 is 0. The summed E-state index contributed by atoms with van der Waals surface area (Å²) in [6, 6.07) is 15.8. The molecule has 0 radical (unpaired) electrons. The van der Waals surface area contributed by atoms with Crippen LogP contribution < -0.4 is 4.90 Å². The molecule has 0 N–H and O–H groups in total. The molecule has 146 valence electrons. The Hall–Kier alpha value is -2.62. The molecule has 2 unspecified atom stereocenters. The average molecular weight is 377 g/mol. The molecule has 2 heterocycles. The second-order valence-corrected chi connectivity index (χ2v) is 7.99. The average Bonchev–Trinajstić information content (AvgIpc) is 3.08. The summed E-state index contributed by atoms with van der Waals surface area (Å²) < 4.78 is 0. The van der Waals surface area contributed by atoms with Crippen LogP contribution in [0.1, 0.15) is 65.8 Å². The van der Waals surface area contributed by atoms with Crippen LogP contribution in [0.5, 0.6) is 0 Å². The Morgan fingerprint density at radius 1 is 0.964 bits per heavy atom. The molecule has 2 amide bonds. The first kappa shape index (κ1) is 18.7. The lowest BCUT2D eigenvalue weighted by molar-refractivity contribution is 0.0607. The van der Waals surface area contributed by atoms with Crippen LogP contribution in [-0.4, -0.2) is 35.3 Å². The Labute approximate surface area is 167 Å². The third-order valence-corrected chi connectivity index (χ3v) is 6.16. The number of benzene rings is 2. The molecule has 2 atom stereocenters. The smallest absolute Gasteiger partial charge is 0.258 e. The third-order valence-electron chi connectivity index (χ3n) is 6.16. The van der Waals surface area contributed by atoms with Gasteiger partial charge in [0.05, 0.1) is 0 Å². The molecular weight excluding hydrogens is 348 g/mol. The summed E-state index contributed by atoms with van der Waals surface area (Å²) in [6.07, 6.45) is 5.24. The molecule has 28 heavy (non-hydrogen) atoms. The van der Waals surface area contributed by atoms with Crippen molar-refractivity contribution in [2.75, 3.05) is 11.4 Å². The van der Waals surface area contributed by atoms with Crippen molar-refractivity contribution in [1.82, 2.24) is 4.90 Å². The van der Waals surface area contributed by atoms with Gasteiger partial charge < -0.3 is 9.80 Å². The number of likely N-dealkylation sites (tertiary alicyclic amines) is 1. The lowest BCUT2D eigenvalue weighted by Crippen LogP contribution is -2.43. The summed E-state index contributed by atoms with van der Waals surface area (Å²) in [6.45, 7) is 5.06. The Balaban J connectivity index is 1.53. The van der Waals surface area contributed by atoms with Crippen molar-refractivity contribution in [3.63, 3.8) is 0 Å². The van der Waals surface area contributed by atoms with Gasteiger partial charge >= 0.3 is 0 Å². The zero-order chi connectivity index (χ0) is 19.7. The second kappa shape index (κ2) is 7.78. The number of carbonyl (C=O) groups excluding carboxylic acids is 2. The molecule has 2 aromatic carbocycles. The minimum absolute atomic E-state index is 0.000793. The van der Waals surface area contributed by atoms with E-state index < -0.39 is 0 Å². The van der Waals surface area contributed by atoms with Crippen molar-refractivity contribution >= 4 is 17.5 Å². The minimum atomic E-state index is 0.000793. The first-order valence-corrected chi connectivity index (χ1v) is 10.4. The van der Waals surface area contributed by atoms with Gasteiger partial charge in [-0.3, -0.25) is 9.59 Å². The monoisotopic (exact) mass is 376 g/mol. The van der Waals surface area contributed by atoms with Gasteiger partial charge in [0.2, 0.25) is 0 Å². The van der Waals surface area contributed by atoms with E-state index in [0.717, 1.165) is 37.9 Å². The maximum absolute atomic E-state index is 13.1. The van der Waals surface area contributed by atoms with Crippen LogP contribution in [-0.2, 0) is 6.42 Å². The van der Waals surface area contributed by atoms with E-state index >= 15 is 0 Å². The number of carbonyl (C=O) groups is 2. The predicted molar refractivity (Wildman–Crippen MR) is 112 cm³/mol. The number of piperidine rings is 1. The topological polar surface area (TPSA) is 40.6 Å². The van der Waals surface area contributed by atoms with Crippen LogP contribution in [0, 0.1) is 0 Å². The van der Waals surface area contributed by atoms with Crippen LogP contribution in [0.3, 0.4) is 0 Å². The van der Waals surface area contributed by atoms with E-state index in [-0.39, 0.29) is 17.9 Å². The number of amides is 2. The van der Waals surface area contributed by atoms with Gasteiger partial charge in [0.15, 0.2) is 0 Å². The molecule has 4 nitrogen and oxygen atoms in total. The van der Waals surface area contributed by atoms with E-state index in [1.54, 1.807) is 12.1 Å². The molecule has 1 fully saturated rings. The fourth-order valence-corrected chi connectivity index (χ4v) is 4.63. The Bertz CT molecular complexity index is 874. The second-order valence-electron chi connectivity index (χ2n) is 7.99. The molecule has 0 saturated carbocycles. The highest BCUT2D eigenvalue weighted by Crippen LogP contribution is 2.33. The van der Waals surface area contributed by atoms with Gasteiger partial charge in [-0.2, -0.15) is 0 Å². The van der Waals surface area contributed by atoms with Gasteiger partial charge in [-0.25, -0.2) is 0 Å². The van der Waals surface area contributed by atoms with E-state index in [1.807, 2.05) is 40.1 Å². The number of hydrogen-bond donors (Lipinski definition) is 0. The van der Waals surface area contributed by atoms with Crippen molar-refractivity contribution in [2.24, 2.45) is 0 Å². The Morgan fingerprint density at radius 3 is 2.36 bits per heavy atom. The SMILES string of the molecule is CCC1CCCCN1C(=O)c1ccc(C(=O)N2c3ccccc3CC2C)cc1. The van der Waals surface area contributed by atoms with Crippen LogP contribution in [0.15, 0.2) is 48.5 Å². The zero-order valence-electron chi connectivity index (χ0n) is 16.7. The molecule has 0 aromatic heterocycles. The number of hydrogen-bond acceptors (Lipinski definition) is 2. The Kier molecular flexibility index (Phi) is 5.21. The minimum Gasteiger partial charge on any atom is -0.336 e. The zero-order valence-corrected chi connectivity index (χ0v) is 16.7. The highest BCUT2D eigenvalue weighted by Gasteiger charge is 2.31. The molecule has 4 rings (SSSR count). The van der Waals surface area contributed by atoms with E-state index in [0.29, 0.717) is 17.2 Å². The first-order chi connectivity index (χ1) is 13.6. The fourth-order valence-electron chi connectivity index (χ4n) is 4.63. The number of fused-ring (bicyclic) bond motifs is 1. The molecular formula is C24H28N2O2. The largest absolute Gasteiger partial charge is 0.336 e. The van der Waals surface area contributed by atoms with E-state index in [4.69, 9.17) is 0 Å². The molecule has 4 heteroatoms. The molecule has 0 bridgehead atoms. The maximum Gasteiger partial charge on any atom is 0.258 e. The summed E-state index contributed by atoms with van der Waals surface area (Å²) in [5.41, 5.74) is 3.52. The van der Waals surface area contributed by atoms with Gasteiger partial charge in [-0.15, -0.1) is 0 Å². The number of nitrogens with zero attached hydrogens (tertiary/aromatic N) is 2. The first-order valence-electron chi connectivity index (χ1n) is 10.4. The van der Waals surface area contributed by atoms with Crippen molar-refractivity contribution in [3.05, 3.63) is 65.2 Å². The molecule has 0 aliphatic carbocycles. The van der Waals surface area contributed by atoms with Gasteiger partial charge in [-0.05, 0) is 74.9 Å². The quantitative estimate of drug-likeness (QED) is 0.780. The summed E-state index contributed by atoms with van der Waals surface area (Å²) in [5, 5.41) is 0. The summed E-state index contributed by atoms with van der Waals surface area (Å²) in [4.78, 5) is 30.0. The van der Waals surface area contributed by atoms with Crippen molar-refractivity contribution in [1.29, 1.82) is 0 Å². The van der Waals surface area contributed by atoms with Crippen molar-refractivity contribution in [2.45, 2.75) is 58.0 Å². The van der Waals surface area contributed by atoms with Crippen molar-refractivity contribution in [3.8, 4) is 0 Å². The van der Waals surface area contributed by atoms with Crippen LogP contribution in [0.25, 0.3) is 0 Å². The highest BCUT2D eigenvalue weighted by molar-refractivity contribution is 6.08. The number of rotatable bonds is 3. The van der Waals surface area contributed by atoms with Crippen LogP contribution >= 0.6 is 0 Å². The molecule has 2 aromatic rings. The maximum atomic E-state index is 13.1. The summed E-state index contributed by atoms with van der Waals surface area (Å²) in [5.74, 6) is 0.0892. The molecule has 2 aliphatic heterocycles. The lowest BCUT2D eigenvalue weighted by Gasteiger charge is -2.35. The van der Waals surface area contributed by atoms with E-state index in [9.17, 15) is 9.59 Å². The van der Waals surface area contributed by atoms with Gasteiger partial charge in [0.25, 0.3) is 11.8 Å². The molecule has 0 spiro atoms. The van der Waals surface area contributed by atoms with Crippen LogP contribution in [0.4, 0.5) is 5.69 Å². The number of para-hydroxylation sites is 1.